The molecule has 0 radical (unpaired) electrons. The van der Waals surface area contributed by atoms with Gasteiger partial charge in [-0.1, -0.05) is 60.6 Å². The third kappa shape index (κ3) is 4.81. The average molecular weight is 500 g/mol. The molecule has 7 heteroatoms. The molecule has 33 heavy (non-hydrogen) atoms. The molecule has 4 nitrogen and oxygen atoms in total. The molecule has 3 N–H and O–H groups in total. The number of unbranched alkanes of at least 4 members (excludes halogenated alkanes) is 2. The number of carbonyl (C=O) groups is 1. The second kappa shape index (κ2) is 9.95. The third-order valence-corrected chi connectivity index (χ3v) is 8.95. The smallest absolute Gasteiger partial charge is 0.266 e. The number of nitrogens with one attached hydrogen (secondary N) is 1. The van der Waals surface area contributed by atoms with Gasteiger partial charge in [0.05, 0.1) is 4.91 Å². The second-order valence-electron chi connectivity index (χ2n) is 9.52. The van der Waals surface area contributed by atoms with Crippen LogP contribution in [0.15, 0.2) is 35.2 Å². The zero-order valence-electron chi connectivity index (χ0n) is 18.7. The van der Waals surface area contributed by atoms with Crippen molar-refractivity contribution in [3.05, 3.63) is 51.5 Å². The van der Waals surface area contributed by atoms with Gasteiger partial charge in [-0.15, -0.1) is 0 Å². The number of hydrogen-bond acceptors (Lipinski definition) is 4. The van der Waals surface area contributed by atoms with E-state index in [1.54, 1.807) is 0 Å². The molecule has 3 atom stereocenters. The maximum Gasteiger partial charge on any atom is 0.266 e. The molecule has 2 bridgehead atoms. The van der Waals surface area contributed by atoms with E-state index in [1.165, 1.54) is 36.6 Å². The minimum Gasteiger partial charge on any atom is -0.355 e. The van der Waals surface area contributed by atoms with E-state index in [0.29, 0.717) is 12.0 Å². The third-order valence-electron chi connectivity index (χ3n) is 7.37. The number of nitrogens with two attached hydrogens (primary N) is 1. The largest absolute Gasteiger partial charge is 0.355 e. The summed E-state index contributed by atoms with van der Waals surface area (Å²) in [4.78, 5) is 19.6. The quantitative estimate of drug-likeness (QED) is 0.251. The predicted octanol–water partition coefficient (Wildman–Crippen LogP) is 6.40. The number of hydrogen-bond donors (Lipinski definition) is 2. The van der Waals surface area contributed by atoms with Gasteiger partial charge in [0, 0.05) is 22.5 Å². The van der Waals surface area contributed by atoms with E-state index in [0.717, 1.165) is 75.8 Å². The van der Waals surface area contributed by atoms with Gasteiger partial charge in [-0.05, 0) is 92.3 Å². The lowest BCUT2D eigenvalue weighted by atomic mass is 9.94. The summed E-state index contributed by atoms with van der Waals surface area (Å²) in [5.41, 5.74) is 10.0. The molecule has 174 valence electrons. The van der Waals surface area contributed by atoms with E-state index in [-0.39, 0.29) is 5.91 Å². The van der Waals surface area contributed by atoms with Crippen molar-refractivity contribution in [3.8, 4) is 11.3 Å². The second-order valence-corrected chi connectivity index (χ2v) is 11.6. The number of aryl methyl sites for hydroxylation is 1. The number of aromatic amines is 1. The van der Waals surface area contributed by atoms with Crippen molar-refractivity contribution in [2.75, 3.05) is 6.54 Å². The number of amides is 1. The van der Waals surface area contributed by atoms with Crippen molar-refractivity contribution in [2.45, 2.75) is 57.4 Å². The van der Waals surface area contributed by atoms with Gasteiger partial charge in [0.2, 0.25) is 0 Å². The first-order valence-electron chi connectivity index (χ1n) is 12.0. The van der Waals surface area contributed by atoms with Gasteiger partial charge in [0.15, 0.2) is 0 Å². The van der Waals surface area contributed by atoms with Gasteiger partial charge in [0.1, 0.15) is 4.32 Å². The fourth-order valence-corrected chi connectivity index (χ4v) is 7.18. The van der Waals surface area contributed by atoms with Crippen LogP contribution in [0.5, 0.6) is 0 Å². The number of fused-ring (bicyclic) bond motifs is 2. The first-order valence-corrected chi connectivity index (χ1v) is 13.6. The summed E-state index contributed by atoms with van der Waals surface area (Å²) in [7, 11) is 0. The molecule has 5 rings (SSSR count). The average Bonchev–Trinajstić information content (AvgIpc) is 3.57. The van der Waals surface area contributed by atoms with E-state index < -0.39 is 0 Å². The van der Waals surface area contributed by atoms with Crippen LogP contribution in [0.3, 0.4) is 0 Å². The van der Waals surface area contributed by atoms with Crippen molar-refractivity contribution in [1.82, 2.24) is 9.88 Å². The van der Waals surface area contributed by atoms with Gasteiger partial charge in [-0.2, -0.15) is 0 Å². The lowest BCUT2D eigenvalue weighted by Crippen LogP contribution is -2.41. The Morgan fingerprint density at radius 3 is 2.70 bits per heavy atom. The van der Waals surface area contributed by atoms with Gasteiger partial charge in [0.25, 0.3) is 5.91 Å². The number of nitrogens with zero attached hydrogens (tertiary/aromatic N) is 1. The summed E-state index contributed by atoms with van der Waals surface area (Å²) in [5.74, 6) is 1.48. The topological polar surface area (TPSA) is 62.1 Å². The van der Waals surface area contributed by atoms with E-state index >= 15 is 0 Å². The lowest BCUT2D eigenvalue weighted by molar-refractivity contribution is -0.124. The highest BCUT2D eigenvalue weighted by Gasteiger charge is 2.48. The Morgan fingerprint density at radius 1 is 1.18 bits per heavy atom. The van der Waals surface area contributed by atoms with Gasteiger partial charge >= 0.3 is 0 Å². The number of thioether (sulfide) groups is 1. The highest BCUT2D eigenvalue weighted by Crippen LogP contribution is 2.49. The monoisotopic (exact) mass is 499 g/mol. The summed E-state index contributed by atoms with van der Waals surface area (Å²) < 4.78 is 0.720. The molecule has 1 saturated heterocycles. The molecule has 2 aliphatic carbocycles. The summed E-state index contributed by atoms with van der Waals surface area (Å²) in [6, 6.07) is 10.3. The van der Waals surface area contributed by atoms with E-state index in [4.69, 9.17) is 29.6 Å². The van der Waals surface area contributed by atoms with Gasteiger partial charge < -0.3 is 10.7 Å². The van der Waals surface area contributed by atoms with E-state index in [2.05, 4.69) is 11.1 Å². The number of aromatic nitrogens is 1. The van der Waals surface area contributed by atoms with Crippen LogP contribution < -0.4 is 5.73 Å². The van der Waals surface area contributed by atoms with Crippen LogP contribution in [-0.4, -0.2) is 32.7 Å². The summed E-state index contributed by atoms with van der Waals surface area (Å²) in [6.07, 6.45) is 11.1. The minimum atomic E-state index is 0.0827. The van der Waals surface area contributed by atoms with Crippen molar-refractivity contribution < 1.29 is 4.79 Å². The van der Waals surface area contributed by atoms with Crippen molar-refractivity contribution >= 4 is 51.9 Å². The Bertz CT molecular complexity index is 1080. The Balaban J connectivity index is 1.41. The highest BCUT2D eigenvalue weighted by atomic mass is 35.5. The van der Waals surface area contributed by atoms with E-state index in [1.807, 2.05) is 35.2 Å². The molecule has 2 aromatic rings. The van der Waals surface area contributed by atoms with Gasteiger partial charge in [-0.3, -0.25) is 9.69 Å². The van der Waals surface area contributed by atoms with Crippen LogP contribution in [0, 0.1) is 11.8 Å². The number of benzene rings is 1. The number of H-pyrrole nitrogens is 1. The minimum absolute atomic E-state index is 0.0827. The number of halogens is 1. The summed E-state index contributed by atoms with van der Waals surface area (Å²) in [5, 5.41) is 0.719. The Hall–Kier alpha value is -1.60. The van der Waals surface area contributed by atoms with Gasteiger partial charge in [-0.25, -0.2) is 0 Å². The maximum atomic E-state index is 13.4. The molecule has 1 aliphatic heterocycles. The molecule has 0 spiro atoms. The summed E-state index contributed by atoms with van der Waals surface area (Å²) >= 11 is 13.2. The standard InChI is InChI=1S/C26H30ClN3OS2/c27-20-9-7-17(8-10-20)21-14-18(4-2-1-3-11-28)22(29-21)15-24-25(31)30(26(32)33-24)23-13-16-5-6-19(23)12-16/h7-10,14-16,19,23,29H,1-6,11-13,28H2/b24-15-. The zero-order valence-corrected chi connectivity index (χ0v) is 21.1. The Morgan fingerprint density at radius 2 is 2.00 bits per heavy atom. The summed E-state index contributed by atoms with van der Waals surface area (Å²) in [6.45, 7) is 0.724. The molecule has 1 aromatic carbocycles. The van der Waals surface area contributed by atoms with E-state index in [9.17, 15) is 4.79 Å². The molecule has 2 saturated carbocycles. The number of carbonyl (C=O) groups excluding carboxylic acids is 1. The molecular formula is C26H30ClN3OS2. The normalized spacial score (nSPS) is 25.7. The molecule has 3 aliphatic rings. The highest BCUT2D eigenvalue weighted by molar-refractivity contribution is 8.26. The van der Waals surface area contributed by atoms with Crippen molar-refractivity contribution in [2.24, 2.45) is 17.6 Å². The molecule has 1 amide bonds. The molecule has 2 heterocycles. The number of rotatable bonds is 8. The van der Waals surface area contributed by atoms with Crippen LogP contribution in [0.1, 0.15) is 56.2 Å². The first-order chi connectivity index (χ1) is 16.0. The molecule has 3 unspecified atom stereocenters. The Labute approximate surface area is 210 Å². The predicted molar refractivity (Wildman–Crippen MR) is 142 cm³/mol. The van der Waals surface area contributed by atoms with Crippen LogP contribution in [0.2, 0.25) is 5.02 Å². The molecule has 1 aromatic heterocycles. The fourth-order valence-electron chi connectivity index (χ4n) is 5.69. The first kappa shape index (κ1) is 23.2. The zero-order chi connectivity index (χ0) is 22.9. The van der Waals surface area contributed by atoms with Crippen LogP contribution in [0.25, 0.3) is 17.3 Å². The fraction of sp³-hybridized carbons (Fsp3) is 0.462. The lowest BCUT2D eigenvalue weighted by Gasteiger charge is -2.30. The Kier molecular flexibility index (Phi) is 6.98. The van der Waals surface area contributed by atoms with Crippen LogP contribution in [-0.2, 0) is 11.2 Å². The van der Waals surface area contributed by atoms with Crippen LogP contribution in [0.4, 0.5) is 0 Å². The van der Waals surface area contributed by atoms with Crippen LogP contribution >= 0.6 is 35.6 Å². The number of thiocarbonyl (C=S) groups is 1. The maximum absolute atomic E-state index is 13.4. The van der Waals surface area contributed by atoms with Crippen molar-refractivity contribution in [1.29, 1.82) is 0 Å². The molecular weight excluding hydrogens is 470 g/mol. The SMILES string of the molecule is NCCCCCc1cc(-c2ccc(Cl)cc2)[nH]c1/C=C1\SC(=S)N(C2CC3CCC2C3)C1=O. The van der Waals surface area contributed by atoms with Crippen molar-refractivity contribution in [3.63, 3.8) is 0 Å². The molecule has 3 fully saturated rings.